The number of piperidine rings is 1. The topological polar surface area (TPSA) is 138 Å². The van der Waals surface area contributed by atoms with E-state index in [4.69, 9.17) is 14.6 Å². The lowest BCUT2D eigenvalue weighted by Crippen LogP contribution is -2.50. The molecule has 286 valence electrons. The summed E-state index contributed by atoms with van der Waals surface area (Å²) >= 11 is 0. The lowest BCUT2D eigenvalue weighted by Gasteiger charge is -2.41. The fraction of sp³-hybridized carbons (Fsp3) is 0.462. The van der Waals surface area contributed by atoms with Gasteiger partial charge in [-0.25, -0.2) is 9.97 Å². The van der Waals surface area contributed by atoms with Crippen LogP contribution < -0.4 is 15.2 Å². The number of carbonyl (C=O) groups is 3. The van der Waals surface area contributed by atoms with Crippen LogP contribution in [-0.2, 0) is 14.3 Å². The number of amides is 1. The van der Waals surface area contributed by atoms with Crippen molar-refractivity contribution in [3.05, 3.63) is 72.2 Å². The van der Waals surface area contributed by atoms with E-state index < -0.39 is 18.7 Å². The van der Waals surface area contributed by atoms with E-state index >= 15 is 0 Å². The number of carboxylic acid groups (broad SMARTS) is 1. The van der Waals surface area contributed by atoms with Crippen molar-refractivity contribution in [1.82, 2.24) is 19.3 Å². The van der Waals surface area contributed by atoms with Crippen LogP contribution in [0.1, 0.15) is 68.8 Å². The minimum absolute atomic E-state index is 0.00397. The van der Waals surface area contributed by atoms with Gasteiger partial charge in [0.25, 0.3) is 5.91 Å². The van der Waals surface area contributed by atoms with Crippen molar-refractivity contribution in [2.45, 2.75) is 72.0 Å². The van der Waals surface area contributed by atoms with Crippen molar-refractivity contribution in [3.63, 3.8) is 0 Å². The molecule has 0 saturated carbocycles. The van der Waals surface area contributed by atoms with E-state index in [-0.39, 0.29) is 17.6 Å². The Hall–Kier alpha value is -5.11. The van der Waals surface area contributed by atoms with E-state index in [1.54, 1.807) is 30.7 Å². The third-order valence-electron chi connectivity index (χ3n) is 9.40. The van der Waals surface area contributed by atoms with Crippen LogP contribution in [0, 0.1) is 12.8 Å². The Labute approximate surface area is 309 Å². The normalized spacial score (nSPS) is 17.1. The third-order valence-corrected chi connectivity index (χ3v) is 9.40. The Morgan fingerprint density at radius 1 is 1.13 bits per heavy atom. The summed E-state index contributed by atoms with van der Waals surface area (Å²) in [6.07, 6.45) is 9.64. The number of likely N-dealkylation sites (tertiary alicyclic amines) is 1. The molecular formula is C39H50F2N6O6. The lowest BCUT2D eigenvalue weighted by atomic mass is 9.91. The molecule has 2 aromatic heterocycles. The molecule has 1 aliphatic rings. The molecule has 1 aliphatic heterocycles. The third kappa shape index (κ3) is 11.7. The van der Waals surface area contributed by atoms with Gasteiger partial charge in [0.15, 0.2) is 11.5 Å². The van der Waals surface area contributed by atoms with E-state index in [0.29, 0.717) is 35.9 Å². The minimum Gasteiger partial charge on any atom is -0.554 e. The number of aryl methyl sites for hydroxylation is 1. The second-order valence-electron chi connectivity index (χ2n) is 14.7. The summed E-state index contributed by atoms with van der Waals surface area (Å²) in [7, 11) is 4.15. The van der Waals surface area contributed by atoms with Crippen molar-refractivity contribution in [2.75, 3.05) is 45.6 Å². The van der Waals surface area contributed by atoms with Gasteiger partial charge in [0, 0.05) is 55.7 Å². The molecule has 1 fully saturated rings. The number of esters is 1. The number of halogens is 2. The van der Waals surface area contributed by atoms with Gasteiger partial charge in [-0.05, 0) is 101 Å². The number of alkyl halides is 2. The molecule has 5 rings (SSSR count). The summed E-state index contributed by atoms with van der Waals surface area (Å²) in [5.74, 6) is 1.07. The molecule has 12 nitrogen and oxygen atoms in total. The highest BCUT2D eigenvalue weighted by Crippen LogP contribution is 2.29. The molecule has 1 N–H and O–H groups in total. The fourth-order valence-corrected chi connectivity index (χ4v) is 6.58. The number of imidazole rings is 1. The molecule has 1 saturated heterocycles. The zero-order valence-corrected chi connectivity index (χ0v) is 31.3. The first-order chi connectivity index (χ1) is 25.1. The SMILES string of the molecule is Cc1cc(Nc2nccn3c(-c4ccc(OC(F)F)cc4)cnc23)ccc1C(=O)N(C)CCC1CC[N+](C)(CCCC(=O)OC(C)(C)C)CC1.O=C[O-]. The molecule has 0 aliphatic carbocycles. The number of anilines is 2. The molecule has 14 heteroatoms. The predicted octanol–water partition coefficient (Wildman–Crippen LogP) is 5.86. The lowest BCUT2D eigenvalue weighted by molar-refractivity contribution is -0.915. The molecule has 3 heterocycles. The average Bonchev–Trinajstić information content (AvgIpc) is 3.53. The van der Waals surface area contributed by atoms with Gasteiger partial charge in [-0.1, -0.05) is 0 Å². The number of nitrogens with one attached hydrogen (secondary N) is 1. The van der Waals surface area contributed by atoms with Crippen molar-refractivity contribution >= 4 is 35.5 Å². The number of carbonyl (C=O) groups excluding carboxylic acids is 3. The molecule has 53 heavy (non-hydrogen) atoms. The van der Waals surface area contributed by atoms with Gasteiger partial charge in [0.05, 0.1) is 45.0 Å². The zero-order valence-electron chi connectivity index (χ0n) is 31.3. The van der Waals surface area contributed by atoms with Crippen LogP contribution in [0.25, 0.3) is 16.9 Å². The quantitative estimate of drug-likeness (QED) is 0.102. The molecule has 4 aromatic rings. The van der Waals surface area contributed by atoms with E-state index in [1.165, 1.54) is 12.1 Å². The number of hydrogen-bond donors (Lipinski definition) is 1. The highest BCUT2D eigenvalue weighted by molar-refractivity contribution is 5.96. The predicted molar refractivity (Wildman–Crippen MR) is 196 cm³/mol. The second kappa shape index (κ2) is 18.1. The number of nitrogens with zero attached hydrogens (tertiary/aromatic N) is 5. The number of ether oxygens (including phenoxy) is 2. The van der Waals surface area contributed by atoms with Crippen LogP contribution in [0.15, 0.2) is 61.1 Å². The second-order valence-corrected chi connectivity index (χ2v) is 14.7. The van der Waals surface area contributed by atoms with Gasteiger partial charge in [0.1, 0.15) is 11.4 Å². The summed E-state index contributed by atoms with van der Waals surface area (Å²) in [6.45, 7) is 8.07. The van der Waals surface area contributed by atoms with E-state index in [1.807, 2.05) is 62.2 Å². The van der Waals surface area contributed by atoms with Crippen molar-refractivity contribution in [1.29, 1.82) is 0 Å². The number of hydrogen-bond acceptors (Lipinski definition) is 9. The number of benzene rings is 2. The van der Waals surface area contributed by atoms with Gasteiger partial charge in [-0.15, -0.1) is 0 Å². The van der Waals surface area contributed by atoms with Crippen molar-refractivity contribution < 1.29 is 42.2 Å². The highest BCUT2D eigenvalue weighted by atomic mass is 19.3. The summed E-state index contributed by atoms with van der Waals surface area (Å²) in [6, 6.07) is 12.0. The van der Waals surface area contributed by atoms with Gasteiger partial charge < -0.3 is 34.1 Å². The first kappa shape index (κ1) is 40.7. The summed E-state index contributed by atoms with van der Waals surface area (Å²) in [5.41, 5.74) is 3.99. The molecule has 0 radical (unpaired) electrons. The highest BCUT2D eigenvalue weighted by Gasteiger charge is 2.30. The van der Waals surface area contributed by atoms with Crippen LogP contribution in [0.4, 0.5) is 20.3 Å². The maximum absolute atomic E-state index is 13.5. The number of aromatic nitrogens is 3. The summed E-state index contributed by atoms with van der Waals surface area (Å²) in [5, 5.41) is 11.6. The molecule has 1 amide bonds. The van der Waals surface area contributed by atoms with Crippen LogP contribution >= 0.6 is 0 Å². The monoisotopic (exact) mass is 736 g/mol. The van der Waals surface area contributed by atoms with Crippen LogP contribution in [0.5, 0.6) is 5.75 Å². The van der Waals surface area contributed by atoms with Gasteiger partial charge in [0.2, 0.25) is 0 Å². The van der Waals surface area contributed by atoms with Crippen molar-refractivity contribution in [2.24, 2.45) is 5.92 Å². The van der Waals surface area contributed by atoms with Gasteiger partial charge in [-0.3, -0.25) is 14.0 Å². The Kier molecular flexibility index (Phi) is 13.9. The number of fused-ring (bicyclic) bond motifs is 1. The van der Waals surface area contributed by atoms with E-state index in [9.17, 15) is 18.4 Å². The maximum atomic E-state index is 13.5. The standard InChI is InChI=1S/C38H48F2N6O4.CH2O2/c1-26-24-29(43-34-35-42-25-32(45(35)20-18-41-34)28-9-12-30(13-10-28)49-37(39)40)11-14-31(26)36(48)44(5)19-15-27-16-22-46(6,23-17-27)21-7-8-33(47)50-38(2,3)4;2-1-3/h9-14,18,20,24-25,27,37H,7-8,15-17,19,21-23H2,1-6H3;1H,(H,2,3). The molecule has 2 aromatic carbocycles. The summed E-state index contributed by atoms with van der Waals surface area (Å²) in [4.78, 5) is 44.7. The fourth-order valence-electron chi connectivity index (χ4n) is 6.58. The smallest absolute Gasteiger partial charge is 0.387 e. The van der Waals surface area contributed by atoms with Crippen molar-refractivity contribution in [3.8, 4) is 17.0 Å². The Balaban J connectivity index is 0.00000202. The Morgan fingerprint density at radius 3 is 2.43 bits per heavy atom. The average molecular weight is 737 g/mol. The number of rotatable bonds is 13. The van der Waals surface area contributed by atoms with Crippen LogP contribution in [-0.4, -0.2) is 94.6 Å². The zero-order chi connectivity index (χ0) is 38.8. The molecule has 0 bridgehead atoms. The Morgan fingerprint density at radius 2 is 1.81 bits per heavy atom. The molecule has 0 atom stereocenters. The van der Waals surface area contributed by atoms with Gasteiger partial charge >= 0.3 is 12.6 Å². The van der Waals surface area contributed by atoms with Crippen LogP contribution in [0.3, 0.4) is 0 Å². The minimum atomic E-state index is -2.88. The Bertz CT molecular complexity index is 1830. The summed E-state index contributed by atoms with van der Waals surface area (Å²) < 4.78 is 37.9. The first-order valence-corrected chi connectivity index (χ1v) is 17.7. The van der Waals surface area contributed by atoms with Crippen LogP contribution in [0.2, 0.25) is 0 Å². The largest absolute Gasteiger partial charge is 0.554 e. The molecule has 0 spiro atoms. The molecule has 0 unspecified atom stereocenters. The van der Waals surface area contributed by atoms with E-state index in [0.717, 1.165) is 72.3 Å². The molecular weight excluding hydrogens is 686 g/mol. The maximum Gasteiger partial charge on any atom is 0.387 e. The number of quaternary nitrogens is 1. The van der Waals surface area contributed by atoms with E-state index in [2.05, 4.69) is 27.1 Å². The van der Waals surface area contributed by atoms with Gasteiger partial charge in [-0.2, -0.15) is 8.78 Å². The first-order valence-electron chi connectivity index (χ1n) is 17.7.